The normalized spacial score (nSPS) is 16.1. The molecule has 7 N–H and O–H groups in total. The minimum atomic E-state index is -4.90. The zero-order valence-corrected chi connectivity index (χ0v) is 34.2. The molecular formula is C39H43F4N9O9S. The first-order valence-corrected chi connectivity index (χ1v) is 20.6. The highest BCUT2D eigenvalue weighted by molar-refractivity contribution is 7.89. The predicted octanol–water partition coefficient (Wildman–Crippen LogP) is 2.95. The van der Waals surface area contributed by atoms with Crippen LogP contribution in [0.3, 0.4) is 0 Å². The number of carbonyl (C=O) groups is 5. The van der Waals surface area contributed by atoms with Gasteiger partial charge in [0.15, 0.2) is 6.61 Å². The average Bonchev–Trinajstić information content (AvgIpc) is 3.45. The molecule has 0 bridgehead atoms. The number of hydrogen-bond acceptors (Lipinski definition) is 14. The van der Waals surface area contributed by atoms with Crippen molar-refractivity contribution in [3.63, 3.8) is 0 Å². The number of aliphatic imine (C=N–C) groups is 1. The molecule has 2 aliphatic rings. The number of nitrogens with one attached hydrogen (secondary N) is 4. The lowest BCUT2D eigenvalue weighted by Gasteiger charge is -2.27. The summed E-state index contributed by atoms with van der Waals surface area (Å²) in [6.07, 6.45) is -0.560. The molecule has 23 heteroatoms. The van der Waals surface area contributed by atoms with Crippen molar-refractivity contribution in [2.75, 3.05) is 31.6 Å². The third kappa shape index (κ3) is 11.7. The Hall–Kier alpha value is -6.33. The molecule has 0 saturated carbocycles. The molecule has 0 aliphatic carbocycles. The Kier molecular flexibility index (Phi) is 14.8. The van der Waals surface area contributed by atoms with Gasteiger partial charge in [0.2, 0.25) is 27.8 Å². The predicted molar refractivity (Wildman–Crippen MR) is 214 cm³/mol. The van der Waals surface area contributed by atoms with Crippen LogP contribution in [0.4, 0.5) is 29.2 Å². The van der Waals surface area contributed by atoms with Gasteiger partial charge in [0, 0.05) is 43.7 Å². The van der Waals surface area contributed by atoms with Crippen LogP contribution in [-0.4, -0.2) is 102 Å². The van der Waals surface area contributed by atoms with E-state index in [4.69, 9.17) is 10.5 Å². The molecule has 2 aromatic carbocycles. The first kappa shape index (κ1) is 46.7. The Morgan fingerprint density at radius 3 is 2.47 bits per heavy atom. The van der Waals surface area contributed by atoms with Gasteiger partial charge in [-0.25, -0.2) is 27.5 Å². The van der Waals surface area contributed by atoms with Gasteiger partial charge in [-0.1, -0.05) is 18.9 Å². The number of piperidine rings is 1. The van der Waals surface area contributed by atoms with E-state index in [1.807, 2.05) is 0 Å². The number of hydrogen-bond donors (Lipinski definition) is 6. The molecule has 2 aliphatic heterocycles. The number of anilines is 2. The summed E-state index contributed by atoms with van der Waals surface area (Å²) < 4.78 is 90.2. The number of aliphatic hydroxyl groups is 1. The van der Waals surface area contributed by atoms with Gasteiger partial charge >= 0.3 is 6.18 Å². The summed E-state index contributed by atoms with van der Waals surface area (Å²) in [6, 6.07) is 5.98. The first-order chi connectivity index (χ1) is 29.2. The van der Waals surface area contributed by atoms with E-state index in [-0.39, 0.29) is 60.6 Å². The van der Waals surface area contributed by atoms with Crippen molar-refractivity contribution >= 4 is 63.0 Å². The number of amides is 5. The SMILES string of the molecule is CC(C)(O)CN=C/C(=C\N)c1nc(Nc2ccc(S(=O)(=O)NCCCCCCNC(=O)COc3cccc4c3C(=O)N(C3CCC(=O)NC3=O)C4=O)cc2F)ncc1C(F)(F)F. The van der Waals surface area contributed by atoms with Crippen molar-refractivity contribution in [2.24, 2.45) is 10.7 Å². The second-order valence-corrected chi connectivity index (χ2v) is 16.5. The number of sulfonamides is 1. The minimum Gasteiger partial charge on any atom is -0.483 e. The van der Waals surface area contributed by atoms with Crippen LogP contribution in [0.2, 0.25) is 0 Å². The van der Waals surface area contributed by atoms with E-state index >= 15 is 4.39 Å². The van der Waals surface area contributed by atoms with Gasteiger partial charge in [-0.2, -0.15) is 13.2 Å². The van der Waals surface area contributed by atoms with Gasteiger partial charge in [-0.15, -0.1) is 0 Å². The molecule has 62 heavy (non-hydrogen) atoms. The Balaban J connectivity index is 1.05. The molecule has 5 amide bonds. The van der Waals surface area contributed by atoms with Gasteiger partial charge in [0.05, 0.1) is 39.5 Å². The molecule has 332 valence electrons. The smallest absolute Gasteiger partial charge is 0.419 e. The number of fused-ring (bicyclic) bond motifs is 1. The summed E-state index contributed by atoms with van der Waals surface area (Å²) in [5, 5.41) is 17.1. The Morgan fingerprint density at radius 2 is 1.81 bits per heavy atom. The van der Waals surface area contributed by atoms with Crippen LogP contribution in [-0.2, 0) is 30.6 Å². The summed E-state index contributed by atoms with van der Waals surface area (Å²) in [4.78, 5) is 74.3. The summed E-state index contributed by atoms with van der Waals surface area (Å²) >= 11 is 0. The van der Waals surface area contributed by atoms with Gasteiger partial charge in [0.25, 0.3) is 17.7 Å². The zero-order chi connectivity index (χ0) is 45.4. The van der Waals surface area contributed by atoms with E-state index in [0.717, 1.165) is 35.5 Å². The average molecular weight is 890 g/mol. The monoisotopic (exact) mass is 889 g/mol. The molecule has 0 radical (unpaired) electrons. The van der Waals surface area contributed by atoms with Crippen LogP contribution in [0.25, 0.3) is 5.57 Å². The van der Waals surface area contributed by atoms with E-state index in [1.54, 1.807) is 0 Å². The number of nitrogens with zero attached hydrogens (tertiary/aromatic N) is 4. The highest BCUT2D eigenvalue weighted by Gasteiger charge is 2.46. The molecule has 1 saturated heterocycles. The van der Waals surface area contributed by atoms with Crippen molar-refractivity contribution in [3.8, 4) is 5.75 Å². The van der Waals surface area contributed by atoms with Crippen molar-refractivity contribution < 1.29 is 59.8 Å². The van der Waals surface area contributed by atoms with Crippen LogP contribution in [0.15, 0.2) is 58.7 Å². The standard InChI is InChI=1S/C39H43F4N9O9S/c1-38(2,58)21-45-18-22(17-44)33-25(39(41,42)43)19-47-37(51-33)49-27-11-10-23(16-26(27)40)62(59,60)48-15-6-4-3-5-14-46-31(54)20-61-29-9-7-8-24-32(29)36(57)52(35(24)56)28-12-13-30(53)50-34(28)55/h7-11,16-19,28,48,58H,3-6,12-15,20-21,44H2,1-2H3,(H,46,54)(H,47,49,51)(H,50,53,55)/b22-17+,45-18?. The van der Waals surface area contributed by atoms with Gasteiger partial charge in [-0.05, 0) is 63.4 Å². The molecule has 5 rings (SSSR count). The number of nitrogens with two attached hydrogens (primary N) is 1. The van der Waals surface area contributed by atoms with Crippen LogP contribution in [0.1, 0.15) is 84.3 Å². The summed E-state index contributed by atoms with van der Waals surface area (Å²) in [5.41, 5.74) is 1.70. The summed E-state index contributed by atoms with van der Waals surface area (Å²) in [7, 11) is -4.17. The molecule has 1 aromatic heterocycles. The third-order valence-corrected chi connectivity index (χ3v) is 10.7. The Bertz CT molecular complexity index is 2400. The van der Waals surface area contributed by atoms with E-state index in [1.165, 1.54) is 32.0 Å². The van der Waals surface area contributed by atoms with Gasteiger partial charge in [0.1, 0.15) is 23.2 Å². The number of rotatable bonds is 19. The quantitative estimate of drug-likeness (QED) is 0.0438. The van der Waals surface area contributed by atoms with Crippen molar-refractivity contribution in [1.82, 2.24) is 30.2 Å². The van der Waals surface area contributed by atoms with Crippen LogP contribution in [0, 0.1) is 5.82 Å². The van der Waals surface area contributed by atoms with Crippen LogP contribution in [0.5, 0.6) is 5.75 Å². The van der Waals surface area contributed by atoms with E-state index in [2.05, 4.69) is 35.6 Å². The fraction of sp³-hybridized carbons (Fsp3) is 0.385. The molecule has 3 heterocycles. The lowest BCUT2D eigenvalue weighted by Crippen LogP contribution is -2.54. The fourth-order valence-electron chi connectivity index (χ4n) is 6.22. The van der Waals surface area contributed by atoms with Gasteiger partial charge < -0.3 is 26.2 Å². The summed E-state index contributed by atoms with van der Waals surface area (Å²) in [6.45, 7) is 2.51. The maximum Gasteiger partial charge on any atom is 0.419 e. The van der Waals surface area contributed by atoms with E-state index in [0.29, 0.717) is 31.9 Å². The first-order valence-electron chi connectivity index (χ1n) is 19.1. The van der Waals surface area contributed by atoms with Gasteiger partial charge in [-0.3, -0.25) is 39.2 Å². The largest absolute Gasteiger partial charge is 0.483 e. The second-order valence-electron chi connectivity index (χ2n) is 14.7. The number of benzene rings is 2. The Morgan fingerprint density at radius 1 is 1.08 bits per heavy atom. The maximum atomic E-state index is 15.1. The van der Waals surface area contributed by atoms with E-state index in [9.17, 15) is 50.7 Å². The second kappa shape index (κ2) is 19.6. The highest BCUT2D eigenvalue weighted by atomic mass is 32.2. The number of alkyl halides is 3. The number of allylic oxidation sites excluding steroid dienone is 1. The van der Waals surface area contributed by atoms with Crippen LogP contribution >= 0.6 is 0 Å². The molecular weight excluding hydrogens is 847 g/mol. The topological polar surface area (TPSA) is 264 Å². The van der Waals surface area contributed by atoms with Crippen LogP contribution < -0.4 is 31.1 Å². The van der Waals surface area contributed by atoms with Crippen molar-refractivity contribution in [3.05, 3.63) is 77.0 Å². The molecule has 0 spiro atoms. The number of halogens is 4. The highest BCUT2D eigenvalue weighted by Crippen LogP contribution is 2.35. The molecule has 1 atom stereocenters. The number of aromatic nitrogens is 2. The minimum absolute atomic E-state index is 0.00528. The number of imide groups is 2. The molecule has 1 unspecified atom stereocenters. The number of ether oxygens (including phenoxy) is 1. The molecule has 18 nitrogen and oxygen atoms in total. The lowest BCUT2D eigenvalue weighted by atomic mass is 10.0. The Labute approximate surface area is 352 Å². The van der Waals surface area contributed by atoms with Crippen molar-refractivity contribution in [2.45, 2.75) is 75.1 Å². The summed E-state index contributed by atoms with van der Waals surface area (Å²) in [5.74, 6) is -4.81. The number of unbranched alkanes of at least 4 members (excludes halogenated alkanes) is 3. The third-order valence-electron chi connectivity index (χ3n) is 9.26. The molecule has 3 aromatic rings. The maximum absolute atomic E-state index is 15.1. The molecule has 1 fully saturated rings. The fourth-order valence-corrected chi connectivity index (χ4v) is 7.31. The lowest BCUT2D eigenvalue weighted by molar-refractivity contribution is -0.138. The number of carbonyl (C=O) groups excluding carboxylic acids is 5. The van der Waals surface area contributed by atoms with Crippen molar-refractivity contribution in [1.29, 1.82) is 0 Å². The zero-order valence-electron chi connectivity index (χ0n) is 33.3. The van der Waals surface area contributed by atoms with E-state index < -0.39 is 91.9 Å².